The first-order valence-corrected chi connectivity index (χ1v) is 8.55. The van der Waals surface area contributed by atoms with E-state index < -0.39 is 50.8 Å². The van der Waals surface area contributed by atoms with Crippen LogP contribution < -0.4 is 10.5 Å². The minimum absolute atomic E-state index is 0.447. The van der Waals surface area contributed by atoms with Crippen molar-refractivity contribution in [1.82, 2.24) is 5.32 Å². The van der Waals surface area contributed by atoms with Crippen molar-refractivity contribution in [2.75, 3.05) is 6.61 Å². The Morgan fingerprint density at radius 3 is 2.68 bits per heavy atom. The summed E-state index contributed by atoms with van der Waals surface area (Å²) >= 11 is 0. The number of nitrogens with one attached hydrogen (secondary N) is 1. The Labute approximate surface area is 142 Å². The van der Waals surface area contributed by atoms with Crippen molar-refractivity contribution in [3.05, 3.63) is 53.7 Å². The Morgan fingerprint density at radius 1 is 1.36 bits per heavy atom. The Hall–Kier alpha value is -2.72. The number of esters is 1. The molecule has 134 valence electrons. The smallest absolute Gasteiger partial charge is 0.341 e. The van der Waals surface area contributed by atoms with Crippen molar-refractivity contribution in [3.8, 4) is 0 Å². The average molecular weight is 370 g/mol. The van der Waals surface area contributed by atoms with Crippen molar-refractivity contribution in [2.24, 2.45) is 5.14 Å². The fourth-order valence-electron chi connectivity index (χ4n) is 1.94. The molecule has 0 saturated heterocycles. The molecule has 10 heteroatoms. The quantitative estimate of drug-likeness (QED) is 0.733. The van der Waals surface area contributed by atoms with E-state index in [4.69, 9.17) is 14.3 Å². The van der Waals surface area contributed by atoms with Gasteiger partial charge < -0.3 is 14.5 Å². The van der Waals surface area contributed by atoms with E-state index in [1.165, 1.54) is 6.26 Å². The molecular formula is C15H15FN2O6S. The molecule has 1 amide bonds. The second-order valence-electron chi connectivity index (χ2n) is 5.07. The maximum Gasteiger partial charge on any atom is 0.341 e. The Kier molecular flexibility index (Phi) is 5.55. The summed E-state index contributed by atoms with van der Waals surface area (Å²) < 4.78 is 46.0. The number of carbonyl (C=O) groups excluding carboxylic acids is 2. The molecule has 3 N–H and O–H groups in total. The van der Waals surface area contributed by atoms with Crippen LogP contribution in [0.4, 0.5) is 4.39 Å². The predicted molar refractivity (Wildman–Crippen MR) is 83.3 cm³/mol. The Balaban J connectivity index is 1.99. The molecule has 25 heavy (non-hydrogen) atoms. The van der Waals surface area contributed by atoms with Gasteiger partial charge in [0.1, 0.15) is 11.6 Å². The van der Waals surface area contributed by atoms with Crippen LogP contribution in [0, 0.1) is 5.82 Å². The summed E-state index contributed by atoms with van der Waals surface area (Å²) in [5, 5.41) is 7.44. The zero-order valence-corrected chi connectivity index (χ0v) is 13.9. The molecule has 0 aliphatic carbocycles. The highest BCUT2D eigenvalue weighted by Gasteiger charge is 2.19. The first-order chi connectivity index (χ1) is 11.7. The van der Waals surface area contributed by atoms with Crippen LogP contribution in [0.3, 0.4) is 0 Å². The Morgan fingerprint density at radius 2 is 2.08 bits per heavy atom. The molecule has 8 nitrogen and oxygen atoms in total. The lowest BCUT2D eigenvalue weighted by atomic mass is 10.2. The Bertz CT molecular complexity index is 879. The fraction of sp³-hybridized carbons (Fsp3) is 0.200. The van der Waals surface area contributed by atoms with Gasteiger partial charge in [-0.1, -0.05) is 0 Å². The number of primary sulfonamides is 1. The van der Waals surface area contributed by atoms with Gasteiger partial charge in [-0.2, -0.15) is 0 Å². The molecule has 0 spiro atoms. The highest BCUT2D eigenvalue weighted by molar-refractivity contribution is 7.89. The number of furan rings is 1. The number of sulfonamides is 1. The second kappa shape index (κ2) is 7.45. The first kappa shape index (κ1) is 18.6. The normalized spacial score (nSPS) is 12.4. The monoisotopic (exact) mass is 370 g/mol. The summed E-state index contributed by atoms with van der Waals surface area (Å²) in [6.07, 6.45) is 1.44. The summed E-state index contributed by atoms with van der Waals surface area (Å²) in [4.78, 5) is 23.2. The summed E-state index contributed by atoms with van der Waals surface area (Å²) in [7, 11) is -4.11. The number of halogens is 1. The minimum atomic E-state index is -4.11. The summed E-state index contributed by atoms with van der Waals surface area (Å²) in [6.45, 7) is 0.983. The van der Waals surface area contributed by atoms with Gasteiger partial charge in [0.2, 0.25) is 10.0 Å². The van der Waals surface area contributed by atoms with E-state index in [1.54, 1.807) is 19.1 Å². The van der Waals surface area contributed by atoms with Gasteiger partial charge in [-0.3, -0.25) is 4.79 Å². The van der Waals surface area contributed by atoms with Gasteiger partial charge in [0.05, 0.1) is 22.8 Å². The number of hydrogen-bond acceptors (Lipinski definition) is 6. The van der Waals surface area contributed by atoms with Gasteiger partial charge in [0.25, 0.3) is 5.91 Å². The van der Waals surface area contributed by atoms with Crippen LogP contribution >= 0.6 is 0 Å². The van der Waals surface area contributed by atoms with Crippen LogP contribution in [0.2, 0.25) is 0 Å². The van der Waals surface area contributed by atoms with Crippen molar-refractivity contribution < 1.29 is 31.6 Å². The highest BCUT2D eigenvalue weighted by Crippen LogP contribution is 2.15. The van der Waals surface area contributed by atoms with Crippen LogP contribution in [0.1, 0.15) is 29.1 Å². The largest absolute Gasteiger partial charge is 0.467 e. The molecule has 1 atom stereocenters. The number of amides is 1. The van der Waals surface area contributed by atoms with Gasteiger partial charge in [-0.05, 0) is 37.3 Å². The van der Waals surface area contributed by atoms with Crippen LogP contribution in [0.25, 0.3) is 0 Å². The van der Waals surface area contributed by atoms with Crippen LogP contribution in [0.15, 0.2) is 45.9 Å². The van der Waals surface area contributed by atoms with Crippen molar-refractivity contribution in [3.63, 3.8) is 0 Å². The van der Waals surface area contributed by atoms with E-state index in [-0.39, 0.29) is 0 Å². The van der Waals surface area contributed by atoms with Crippen LogP contribution in [0.5, 0.6) is 0 Å². The lowest BCUT2D eigenvalue weighted by Crippen LogP contribution is -2.31. The molecular weight excluding hydrogens is 355 g/mol. The van der Waals surface area contributed by atoms with E-state index in [2.05, 4.69) is 5.32 Å². The zero-order valence-electron chi connectivity index (χ0n) is 13.1. The lowest BCUT2D eigenvalue weighted by molar-refractivity contribution is -0.125. The maximum absolute atomic E-state index is 13.7. The SMILES string of the molecule is CC(NC(=O)COC(=O)c1cc(S(N)(=O)=O)ccc1F)c1ccco1. The standard InChI is InChI=1S/C15H15FN2O6S/c1-9(13-3-2-6-23-13)18-14(19)8-24-15(20)11-7-10(25(17,21)22)4-5-12(11)16/h2-7,9H,8H2,1H3,(H,18,19)(H2,17,21,22). The third-order valence-corrected chi connectivity index (χ3v) is 4.08. The summed E-state index contributed by atoms with van der Waals surface area (Å²) in [5.41, 5.74) is -0.640. The lowest BCUT2D eigenvalue weighted by Gasteiger charge is -2.12. The maximum atomic E-state index is 13.7. The summed E-state index contributed by atoms with van der Waals surface area (Å²) in [6, 6.07) is 5.29. The molecule has 1 unspecified atom stereocenters. The van der Waals surface area contributed by atoms with Crippen LogP contribution in [-0.2, 0) is 19.6 Å². The van der Waals surface area contributed by atoms with Gasteiger partial charge in [0.15, 0.2) is 6.61 Å². The first-order valence-electron chi connectivity index (χ1n) is 7.00. The number of hydrogen-bond donors (Lipinski definition) is 2. The molecule has 0 bridgehead atoms. The van der Waals surface area contributed by atoms with E-state index in [9.17, 15) is 22.4 Å². The van der Waals surface area contributed by atoms with E-state index in [0.29, 0.717) is 5.76 Å². The van der Waals surface area contributed by atoms with E-state index >= 15 is 0 Å². The molecule has 1 aromatic heterocycles. The molecule has 1 aromatic carbocycles. The molecule has 1 heterocycles. The molecule has 0 saturated carbocycles. The van der Waals surface area contributed by atoms with Gasteiger partial charge >= 0.3 is 5.97 Å². The summed E-state index contributed by atoms with van der Waals surface area (Å²) in [5.74, 6) is -2.32. The molecule has 0 fully saturated rings. The molecule has 2 aromatic rings. The predicted octanol–water partition coefficient (Wildman–Crippen LogP) is 1.10. The third-order valence-electron chi connectivity index (χ3n) is 3.17. The van der Waals surface area contributed by atoms with Crippen molar-refractivity contribution >= 4 is 21.9 Å². The molecule has 0 aliphatic rings. The number of rotatable bonds is 6. The van der Waals surface area contributed by atoms with Crippen molar-refractivity contribution in [1.29, 1.82) is 0 Å². The molecule has 2 rings (SSSR count). The minimum Gasteiger partial charge on any atom is -0.467 e. The van der Waals surface area contributed by atoms with Gasteiger partial charge in [-0.25, -0.2) is 22.7 Å². The topological polar surface area (TPSA) is 129 Å². The fourth-order valence-corrected chi connectivity index (χ4v) is 2.48. The van der Waals surface area contributed by atoms with E-state index in [0.717, 1.165) is 18.2 Å². The second-order valence-corrected chi connectivity index (χ2v) is 6.63. The zero-order chi connectivity index (χ0) is 18.6. The molecule has 0 radical (unpaired) electrons. The number of ether oxygens (including phenoxy) is 1. The van der Waals surface area contributed by atoms with Crippen LogP contribution in [-0.4, -0.2) is 26.9 Å². The van der Waals surface area contributed by atoms with E-state index in [1.807, 2.05) is 0 Å². The molecule has 0 aliphatic heterocycles. The highest BCUT2D eigenvalue weighted by atomic mass is 32.2. The third kappa shape index (κ3) is 4.88. The van der Waals surface area contributed by atoms with Gasteiger partial charge in [-0.15, -0.1) is 0 Å². The number of nitrogens with two attached hydrogens (primary N) is 1. The number of carbonyl (C=O) groups is 2. The van der Waals surface area contributed by atoms with Gasteiger partial charge in [0, 0.05) is 0 Å². The van der Waals surface area contributed by atoms with Crippen molar-refractivity contribution in [2.45, 2.75) is 17.9 Å². The number of benzene rings is 1. The average Bonchev–Trinajstić information content (AvgIpc) is 3.06.